The summed E-state index contributed by atoms with van der Waals surface area (Å²) >= 11 is 6.73. The fraction of sp³-hybridized carbons (Fsp3) is 0.393. The number of rotatable bonds is 7. The fourth-order valence-electron chi connectivity index (χ4n) is 4.90. The molecule has 0 radical (unpaired) electrons. The smallest absolute Gasteiger partial charge is 0.310 e. The number of carbonyl (C=O) groups is 2. The number of thiocarbonyl (C=S) groups is 1. The van der Waals surface area contributed by atoms with E-state index in [1.807, 2.05) is 35.2 Å². The molecule has 1 atom stereocenters. The number of nitriles is 1. The summed E-state index contributed by atoms with van der Waals surface area (Å²) in [5, 5.41) is 9.75. The first-order chi connectivity index (χ1) is 18.7. The fourth-order valence-corrected chi connectivity index (χ4v) is 6.13. The van der Waals surface area contributed by atoms with Gasteiger partial charge in [-0.2, -0.15) is 5.26 Å². The van der Waals surface area contributed by atoms with Crippen LogP contribution in [-0.4, -0.2) is 52.5 Å². The summed E-state index contributed by atoms with van der Waals surface area (Å²) in [6.45, 7) is 5.08. The summed E-state index contributed by atoms with van der Waals surface area (Å²) in [6.07, 6.45) is 3.14. The van der Waals surface area contributed by atoms with Crippen molar-refractivity contribution < 1.29 is 19.1 Å². The SMILES string of the molecule is CCOC(=O)C1CCCN(c2c(C=C3SC(=S)N(Cc4ccc(OC)cc4)C3=O)c(C)c(C#N)c(=O)n2C)C1. The molecule has 0 saturated carbocycles. The number of pyridine rings is 1. The van der Waals surface area contributed by atoms with Crippen molar-refractivity contribution in [3.05, 3.63) is 61.8 Å². The normalized spacial score (nSPS) is 18.4. The molecule has 0 N–H and O–H groups in total. The van der Waals surface area contributed by atoms with Gasteiger partial charge in [-0.3, -0.25) is 23.9 Å². The highest BCUT2D eigenvalue weighted by atomic mass is 32.2. The van der Waals surface area contributed by atoms with Crippen LogP contribution in [0.25, 0.3) is 6.08 Å². The van der Waals surface area contributed by atoms with E-state index in [4.69, 9.17) is 21.7 Å². The third-order valence-electron chi connectivity index (χ3n) is 6.96. The number of benzene rings is 1. The number of piperidine rings is 1. The van der Waals surface area contributed by atoms with Gasteiger partial charge in [-0.05, 0) is 56.0 Å². The standard InChI is InChI=1S/C28H30N4O5S2/c1-5-37-27(35)19-7-6-12-31(16-19)24-21(17(2)22(14-29)25(33)30(24)3)13-23-26(34)32(28(38)39-23)15-18-8-10-20(36-4)11-9-18/h8-11,13,19H,5-7,12,15-16H2,1-4H3. The zero-order valence-electron chi connectivity index (χ0n) is 22.4. The number of esters is 1. The lowest BCUT2D eigenvalue weighted by atomic mass is 9.96. The van der Waals surface area contributed by atoms with Crippen molar-refractivity contribution in [2.24, 2.45) is 13.0 Å². The van der Waals surface area contributed by atoms with E-state index in [9.17, 15) is 19.6 Å². The minimum atomic E-state index is -0.424. The molecular formula is C28H30N4O5S2. The van der Waals surface area contributed by atoms with Crippen molar-refractivity contribution in [3.63, 3.8) is 0 Å². The average Bonchev–Trinajstić information content (AvgIpc) is 3.20. The molecule has 2 aromatic rings. The Labute approximate surface area is 237 Å². The van der Waals surface area contributed by atoms with Crippen LogP contribution in [0, 0.1) is 24.2 Å². The van der Waals surface area contributed by atoms with Gasteiger partial charge in [0.2, 0.25) is 0 Å². The summed E-state index contributed by atoms with van der Waals surface area (Å²) < 4.78 is 12.3. The molecule has 2 aliphatic heterocycles. The Bertz CT molecular complexity index is 1440. The Morgan fingerprint density at radius 1 is 1.28 bits per heavy atom. The highest BCUT2D eigenvalue weighted by Crippen LogP contribution is 2.37. The van der Waals surface area contributed by atoms with E-state index in [-0.39, 0.29) is 23.4 Å². The Balaban J connectivity index is 1.73. The molecule has 0 bridgehead atoms. The summed E-state index contributed by atoms with van der Waals surface area (Å²) in [5.41, 5.74) is 1.56. The number of thioether (sulfide) groups is 1. The van der Waals surface area contributed by atoms with Crippen LogP contribution >= 0.6 is 24.0 Å². The minimum absolute atomic E-state index is 0.0140. The maximum atomic E-state index is 13.5. The van der Waals surface area contributed by atoms with Gasteiger partial charge in [0.25, 0.3) is 11.5 Å². The number of methoxy groups -OCH3 is 1. The van der Waals surface area contributed by atoms with Crippen molar-refractivity contribution in [2.45, 2.75) is 33.2 Å². The molecule has 1 aromatic carbocycles. The maximum Gasteiger partial charge on any atom is 0.310 e. The molecule has 2 aliphatic rings. The third-order valence-corrected chi connectivity index (χ3v) is 8.34. The van der Waals surface area contributed by atoms with Crippen LogP contribution in [0.3, 0.4) is 0 Å². The minimum Gasteiger partial charge on any atom is -0.497 e. The van der Waals surface area contributed by atoms with Gasteiger partial charge in [0.1, 0.15) is 27.5 Å². The number of hydrogen-bond acceptors (Lipinski definition) is 9. The average molecular weight is 567 g/mol. The second-order valence-electron chi connectivity index (χ2n) is 9.37. The lowest BCUT2D eigenvalue weighted by Crippen LogP contribution is -2.42. The number of anilines is 1. The van der Waals surface area contributed by atoms with Crippen LogP contribution < -0.4 is 15.2 Å². The Morgan fingerprint density at radius 3 is 2.64 bits per heavy atom. The number of nitrogens with zero attached hydrogens (tertiary/aromatic N) is 4. The van der Waals surface area contributed by atoms with Crippen molar-refractivity contribution in [2.75, 3.05) is 31.7 Å². The highest BCUT2D eigenvalue weighted by Gasteiger charge is 2.34. The lowest BCUT2D eigenvalue weighted by Gasteiger charge is -2.35. The van der Waals surface area contributed by atoms with E-state index in [0.29, 0.717) is 58.8 Å². The number of hydrogen-bond donors (Lipinski definition) is 0. The monoisotopic (exact) mass is 566 g/mol. The predicted octanol–water partition coefficient (Wildman–Crippen LogP) is 3.75. The largest absolute Gasteiger partial charge is 0.497 e. The molecule has 9 nitrogen and oxygen atoms in total. The molecule has 1 unspecified atom stereocenters. The molecule has 2 saturated heterocycles. The first-order valence-electron chi connectivity index (χ1n) is 12.6. The second-order valence-corrected chi connectivity index (χ2v) is 11.0. The van der Waals surface area contributed by atoms with Crippen molar-refractivity contribution in [1.29, 1.82) is 5.26 Å². The van der Waals surface area contributed by atoms with Crippen LogP contribution in [0.2, 0.25) is 0 Å². The molecule has 4 rings (SSSR count). The first-order valence-corrected chi connectivity index (χ1v) is 13.9. The number of aromatic nitrogens is 1. The summed E-state index contributed by atoms with van der Waals surface area (Å²) in [6, 6.07) is 9.44. The molecule has 204 valence electrons. The van der Waals surface area contributed by atoms with E-state index in [2.05, 4.69) is 0 Å². The highest BCUT2D eigenvalue weighted by molar-refractivity contribution is 8.26. The molecule has 0 spiro atoms. The van der Waals surface area contributed by atoms with E-state index in [0.717, 1.165) is 17.7 Å². The van der Waals surface area contributed by atoms with E-state index in [1.54, 1.807) is 34.1 Å². The Morgan fingerprint density at radius 2 is 2.00 bits per heavy atom. The first kappa shape index (κ1) is 28.4. The molecule has 0 aliphatic carbocycles. The van der Waals surface area contributed by atoms with Gasteiger partial charge < -0.3 is 14.4 Å². The quantitative estimate of drug-likeness (QED) is 0.281. The number of ether oxygens (including phenoxy) is 2. The summed E-state index contributed by atoms with van der Waals surface area (Å²) in [7, 11) is 3.20. The van der Waals surface area contributed by atoms with Crippen LogP contribution in [0.4, 0.5) is 5.82 Å². The van der Waals surface area contributed by atoms with Gasteiger partial charge in [0.05, 0.1) is 31.1 Å². The third kappa shape index (κ3) is 5.72. The van der Waals surface area contributed by atoms with Gasteiger partial charge in [-0.15, -0.1) is 0 Å². The maximum absolute atomic E-state index is 13.5. The van der Waals surface area contributed by atoms with E-state index < -0.39 is 5.56 Å². The van der Waals surface area contributed by atoms with Crippen molar-refractivity contribution in [1.82, 2.24) is 9.47 Å². The summed E-state index contributed by atoms with van der Waals surface area (Å²) in [4.78, 5) is 43.0. The van der Waals surface area contributed by atoms with Crippen LogP contribution in [0.15, 0.2) is 34.0 Å². The van der Waals surface area contributed by atoms with Gasteiger partial charge >= 0.3 is 5.97 Å². The molecule has 1 aromatic heterocycles. The zero-order chi connectivity index (χ0) is 28.3. The van der Waals surface area contributed by atoms with E-state index in [1.165, 1.54) is 21.2 Å². The number of amides is 1. The molecule has 1 amide bonds. The molecule has 39 heavy (non-hydrogen) atoms. The Kier molecular flexibility index (Phi) is 8.77. The van der Waals surface area contributed by atoms with Gasteiger partial charge in [0, 0.05) is 25.7 Å². The van der Waals surface area contributed by atoms with Crippen LogP contribution in [0.5, 0.6) is 5.75 Å². The molecule has 3 heterocycles. The Hall–Kier alpha value is -3.62. The predicted molar refractivity (Wildman–Crippen MR) is 154 cm³/mol. The van der Waals surface area contributed by atoms with Crippen LogP contribution in [-0.2, 0) is 27.9 Å². The van der Waals surface area contributed by atoms with E-state index >= 15 is 0 Å². The lowest BCUT2D eigenvalue weighted by molar-refractivity contribution is -0.148. The molecule has 2 fully saturated rings. The van der Waals surface area contributed by atoms with Gasteiger partial charge in [0.15, 0.2) is 0 Å². The van der Waals surface area contributed by atoms with Gasteiger partial charge in [-0.25, -0.2) is 0 Å². The second kappa shape index (κ2) is 12.1. The van der Waals surface area contributed by atoms with Gasteiger partial charge in [-0.1, -0.05) is 36.1 Å². The topological polar surface area (TPSA) is 105 Å². The molecular weight excluding hydrogens is 536 g/mol. The number of carbonyl (C=O) groups excluding carboxylic acids is 2. The zero-order valence-corrected chi connectivity index (χ0v) is 24.0. The summed E-state index contributed by atoms with van der Waals surface area (Å²) in [5.74, 6) is 0.434. The van der Waals surface area contributed by atoms with Crippen molar-refractivity contribution >= 4 is 52.1 Å². The van der Waals surface area contributed by atoms with Crippen LogP contribution in [0.1, 0.15) is 42.0 Å². The van der Waals surface area contributed by atoms with Crippen molar-refractivity contribution in [3.8, 4) is 11.8 Å². The molecule has 11 heteroatoms.